The van der Waals surface area contributed by atoms with Crippen LogP contribution in [0, 0.1) is 5.92 Å². The molecule has 1 amide bonds. The molecule has 3 N–H and O–H groups in total. The van der Waals surface area contributed by atoms with Crippen LogP contribution in [0.3, 0.4) is 0 Å². The SMILES string of the molecule is CCC(CCNC(=O)[C@@H]1CCCCN1)CCC(=O)O. The quantitative estimate of drug-likeness (QED) is 0.625. The Labute approximate surface area is 115 Å². The highest BCUT2D eigenvalue weighted by atomic mass is 16.4. The van der Waals surface area contributed by atoms with E-state index in [-0.39, 0.29) is 18.4 Å². The number of hydrogen-bond acceptors (Lipinski definition) is 3. The molecule has 110 valence electrons. The highest BCUT2D eigenvalue weighted by molar-refractivity contribution is 5.81. The second-order valence-electron chi connectivity index (χ2n) is 5.29. The van der Waals surface area contributed by atoms with E-state index in [0.717, 1.165) is 38.6 Å². The normalized spacial score (nSPS) is 20.8. The van der Waals surface area contributed by atoms with Gasteiger partial charge in [-0.3, -0.25) is 9.59 Å². The first-order valence-electron chi connectivity index (χ1n) is 7.36. The number of hydrogen-bond donors (Lipinski definition) is 3. The van der Waals surface area contributed by atoms with Crippen LogP contribution in [-0.2, 0) is 9.59 Å². The van der Waals surface area contributed by atoms with E-state index in [9.17, 15) is 9.59 Å². The number of carbonyl (C=O) groups is 2. The van der Waals surface area contributed by atoms with Gasteiger partial charge in [0, 0.05) is 13.0 Å². The van der Waals surface area contributed by atoms with Gasteiger partial charge in [0.05, 0.1) is 6.04 Å². The van der Waals surface area contributed by atoms with E-state index in [1.165, 1.54) is 0 Å². The molecule has 1 saturated heterocycles. The number of nitrogens with one attached hydrogen (secondary N) is 2. The lowest BCUT2D eigenvalue weighted by atomic mass is 9.96. The third-order valence-electron chi connectivity index (χ3n) is 3.82. The smallest absolute Gasteiger partial charge is 0.303 e. The van der Waals surface area contributed by atoms with Crippen molar-refractivity contribution in [2.45, 2.75) is 57.9 Å². The molecule has 5 nitrogen and oxygen atoms in total. The van der Waals surface area contributed by atoms with Crippen LogP contribution in [0.15, 0.2) is 0 Å². The lowest BCUT2D eigenvalue weighted by molar-refractivity contribution is -0.137. The van der Waals surface area contributed by atoms with Gasteiger partial charge in [0.15, 0.2) is 0 Å². The van der Waals surface area contributed by atoms with Crippen LogP contribution in [0.1, 0.15) is 51.9 Å². The molecule has 1 rings (SSSR count). The van der Waals surface area contributed by atoms with E-state index >= 15 is 0 Å². The van der Waals surface area contributed by atoms with Crippen LogP contribution < -0.4 is 10.6 Å². The lowest BCUT2D eigenvalue weighted by Crippen LogP contribution is -2.46. The lowest BCUT2D eigenvalue weighted by Gasteiger charge is -2.23. The first-order valence-corrected chi connectivity index (χ1v) is 7.36. The molecule has 1 fully saturated rings. The van der Waals surface area contributed by atoms with E-state index in [1.807, 2.05) is 0 Å². The van der Waals surface area contributed by atoms with Gasteiger partial charge in [0.1, 0.15) is 0 Å². The van der Waals surface area contributed by atoms with Crippen molar-refractivity contribution in [2.24, 2.45) is 5.92 Å². The van der Waals surface area contributed by atoms with Crippen molar-refractivity contribution < 1.29 is 14.7 Å². The van der Waals surface area contributed by atoms with Crippen LogP contribution in [0.25, 0.3) is 0 Å². The van der Waals surface area contributed by atoms with Crippen molar-refractivity contribution in [1.29, 1.82) is 0 Å². The van der Waals surface area contributed by atoms with E-state index in [4.69, 9.17) is 5.11 Å². The van der Waals surface area contributed by atoms with Gasteiger partial charge in [-0.1, -0.05) is 19.8 Å². The summed E-state index contributed by atoms with van der Waals surface area (Å²) in [4.78, 5) is 22.4. The summed E-state index contributed by atoms with van der Waals surface area (Å²) in [6.07, 6.45) is 5.92. The number of aliphatic carboxylic acids is 1. The van der Waals surface area contributed by atoms with Gasteiger partial charge in [-0.05, 0) is 38.1 Å². The summed E-state index contributed by atoms with van der Waals surface area (Å²) in [7, 11) is 0. The fraction of sp³-hybridized carbons (Fsp3) is 0.857. The zero-order chi connectivity index (χ0) is 14.1. The van der Waals surface area contributed by atoms with Crippen LogP contribution in [0.4, 0.5) is 0 Å². The van der Waals surface area contributed by atoms with Crippen molar-refractivity contribution in [3.8, 4) is 0 Å². The summed E-state index contributed by atoms with van der Waals surface area (Å²) in [6, 6.07) is -0.0344. The number of amides is 1. The second-order valence-corrected chi connectivity index (χ2v) is 5.29. The molecule has 0 aromatic heterocycles. The maximum absolute atomic E-state index is 11.9. The van der Waals surface area contributed by atoms with Gasteiger partial charge in [0.2, 0.25) is 5.91 Å². The Hall–Kier alpha value is -1.10. The van der Waals surface area contributed by atoms with Gasteiger partial charge < -0.3 is 15.7 Å². The average molecular weight is 270 g/mol. The molecular formula is C14H26N2O3. The predicted octanol–water partition coefficient (Wildman–Crippen LogP) is 1.53. The van der Waals surface area contributed by atoms with Crippen LogP contribution in [0.2, 0.25) is 0 Å². The topological polar surface area (TPSA) is 78.4 Å². The third kappa shape index (κ3) is 6.57. The molecule has 0 aromatic carbocycles. The fourth-order valence-electron chi connectivity index (χ4n) is 2.48. The predicted molar refractivity (Wildman–Crippen MR) is 73.9 cm³/mol. The second kappa shape index (κ2) is 8.91. The van der Waals surface area contributed by atoms with E-state index < -0.39 is 5.97 Å². The summed E-state index contributed by atoms with van der Waals surface area (Å²) in [5, 5.41) is 14.8. The van der Waals surface area contributed by atoms with Gasteiger partial charge in [-0.25, -0.2) is 0 Å². The molecule has 0 spiro atoms. The van der Waals surface area contributed by atoms with Crippen molar-refractivity contribution in [3.05, 3.63) is 0 Å². The number of piperidine rings is 1. The molecule has 19 heavy (non-hydrogen) atoms. The monoisotopic (exact) mass is 270 g/mol. The molecule has 0 aromatic rings. The van der Waals surface area contributed by atoms with E-state index in [1.54, 1.807) is 0 Å². The molecule has 1 aliphatic heterocycles. The fourth-order valence-corrected chi connectivity index (χ4v) is 2.48. The zero-order valence-corrected chi connectivity index (χ0v) is 11.8. The van der Waals surface area contributed by atoms with Gasteiger partial charge in [-0.2, -0.15) is 0 Å². The molecule has 0 aliphatic carbocycles. The molecule has 0 bridgehead atoms. The Morgan fingerprint density at radius 3 is 2.74 bits per heavy atom. The van der Waals surface area contributed by atoms with Crippen molar-refractivity contribution in [3.63, 3.8) is 0 Å². The summed E-state index contributed by atoms with van der Waals surface area (Å²) >= 11 is 0. The standard InChI is InChI=1S/C14H26N2O3/c1-2-11(6-7-13(17)18)8-10-16-14(19)12-5-3-4-9-15-12/h11-12,15H,2-10H2,1H3,(H,16,19)(H,17,18)/t11?,12-/m0/s1. The molecule has 1 heterocycles. The minimum Gasteiger partial charge on any atom is -0.481 e. The van der Waals surface area contributed by atoms with E-state index in [0.29, 0.717) is 18.9 Å². The Balaban J connectivity index is 2.16. The molecule has 5 heteroatoms. The minimum atomic E-state index is -0.742. The van der Waals surface area contributed by atoms with Gasteiger partial charge in [-0.15, -0.1) is 0 Å². The summed E-state index contributed by atoms with van der Waals surface area (Å²) in [5.41, 5.74) is 0. The van der Waals surface area contributed by atoms with E-state index in [2.05, 4.69) is 17.6 Å². The summed E-state index contributed by atoms with van der Waals surface area (Å²) in [6.45, 7) is 3.64. The largest absolute Gasteiger partial charge is 0.481 e. The van der Waals surface area contributed by atoms with Crippen LogP contribution in [-0.4, -0.2) is 36.1 Å². The van der Waals surface area contributed by atoms with Gasteiger partial charge >= 0.3 is 5.97 Å². The van der Waals surface area contributed by atoms with Gasteiger partial charge in [0.25, 0.3) is 0 Å². The van der Waals surface area contributed by atoms with Crippen molar-refractivity contribution >= 4 is 11.9 Å². The maximum atomic E-state index is 11.9. The highest BCUT2D eigenvalue weighted by Gasteiger charge is 2.20. The molecule has 2 atom stereocenters. The molecule has 1 aliphatic rings. The number of carboxylic acids is 1. The number of carbonyl (C=O) groups excluding carboxylic acids is 1. The summed E-state index contributed by atoms with van der Waals surface area (Å²) in [5.74, 6) is -0.266. The van der Waals surface area contributed by atoms with Crippen molar-refractivity contribution in [1.82, 2.24) is 10.6 Å². The Kier molecular flexibility index (Phi) is 7.48. The minimum absolute atomic E-state index is 0.0344. The van der Waals surface area contributed by atoms with Crippen LogP contribution in [0.5, 0.6) is 0 Å². The first kappa shape index (κ1) is 16.0. The molecular weight excluding hydrogens is 244 g/mol. The maximum Gasteiger partial charge on any atom is 0.303 e. The molecule has 0 radical (unpaired) electrons. The Bertz CT molecular complexity index is 288. The molecule has 0 saturated carbocycles. The Morgan fingerprint density at radius 2 is 2.16 bits per heavy atom. The highest BCUT2D eigenvalue weighted by Crippen LogP contribution is 2.14. The van der Waals surface area contributed by atoms with Crippen LogP contribution >= 0.6 is 0 Å². The average Bonchev–Trinajstić information content (AvgIpc) is 2.43. The number of rotatable bonds is 8. The number of carboxylic acid groups (broad SMARTS) is 1. The Morgan fingerprint density at radius 1 is 1.37 bits per heavy atom. The zero-order valence-electron chi connectivity index (χ0n) is 11.8. The third-order valence-corrected chi connectivity index (χ3v) is 3.82. The molecule has 1 unspecified atom stereocenters. The van der Waals surface area contributed by atoms with Crippen molar-refractivity contribution in [2.75, 3.05) is 13.1 Å². The first-order chi connectivity index (χ1) is 9.13. The summed E-state index contributed by atoms with van der Waals surface area (Å²) < 4.78 is 0.